The second-order valence-electron chi connectivity index (χ2n) is 6.47. The van der Waals surface area contributed by atoms with E-state index in [4.69, 9.17) is 0 Å². The van der Waals surface area contributed by atoms with E-state index >= 15 is 0 Å². The monoisotopic (exact) mass is 318 g/mol. The van der Waals surface area contributed by atoms with E-state index in [1.807, 2.05) is 13.8 Å². The van der Waals surface area contributed by atoms with Crippen molar-refractivity contribution in [3.05, 3.63) is 23.8 Å². The summed E-state index contributed by atoms with van der Waals surface area (Å²) < 4.78 is 4.66. The highest BCUT2D eigenvalue weighted by Gasteiger charge is 2.44. The number of carbonyl (C=O) groups is 3. The van der Waals surface area contributed by atoms with E-state index in [2.05, 4.69) is 10.1 Å². The molecule has 2 rings (SSSR count). The Morgan fingerprint density at radius 1 is 1.30 bits per heavy atom. The van der Waals surface area contributed by atoms with Gasteiger partial charge in [0, 0.05) is 17.3 Å². The number of benzene rings is 1. The largest absolute Gasteiger partial charge is 0.468 e. The van der Waals surface area contributed by atoms with Crippen molar-refractivity contribution in [1.29, 1.82) is 0 Å². The molecule has 23 heavy (non-hydrogen) atoms. The Morgan fingerprint density at radius 3 is 2.52 bits per heavy atom. The van der Waals surface area contributed by atoms with Crippen LogP contribution in [0.3, 0.4) is 0 Å². The first kappa shape index (κ1) is 17.0. The van der Waals surface area contributed by atoms with E-state index in [0.717, 1.165) is 5.56 Å². The van der Waals surface area contributed by atoms with Crippen molar-refractivity contribution in [3.63, 3.8) is 0 Å². The number of nitrogens with one attached hydrogen (secondary N) is 1. The topological polar surface area (TPSA) is 75.7 Å². The molecule has 124 valence electrons. The van der Waals surface area contributed by atoms with Crippen LogP contribution in [0.5, 0.6) is 0 Å². The van der Waals surface area contributed by atoms with Gasteiger partial charge >= 0.3 is 5.97 Å². The minimum Gasteiger partial charge on any atom is -0.468 e. The maximum atomic E-state index is 12.6. The fourth-order valence-corrected chi connectivity index (χ4v) is 2.55. The first-order valence-corrected chi connectivity index (χ1v) is 7.52. The van der Waals surface area contributed by atoms with Gasteiger partial charge in [0.1, 0.15) is 6.54 Å². The van der Waals surface area contributed by atoms with E-state index < -0.39 is 11.4 Å². The zero-order valence-electron chi connectivity index (χ0n) is 14.1. The molecule has 0 aliphatic carbocycles. The summed E-state index contributed by atoms with van der Waals surface area (Å²) in [5.74, 6) is -0.850. The van der Waals surface area contributed by atoms with Crippen molar-refractivity contribution in [1.82, 2.24) is 0 Å². The molecule has 0 saturated heterocycles. The maximum absolute atomic E-state index is 12.6. The van der Waals surface area contributed by atoms with Crippen LogP contribution in [0.15, 0.2) is 18.2 Å². The van der Waals surface area contributed by atoms with Crippen LogP contribution < -0.4 is 10.2 Å². The molecule has 0 spiro atoms. The smallest absolute Gasteiger partial charge is 0.325 e. The number of hydrogen-bond donors (Lipinski definition) is 1. The number of fused-ring (bicyclic) bond motifs is 1. The molecule has 6 nitrogen and oxygen atoms in total. The van der Waals surface area contributed by atoms with Crippen LogP contribution in [-0.2, 0) is 24.5 Å². The van der Waals surface area contributed by atoms with E-state index in [1.54, 1.807) is 32.0 Å². The van der Waals surface area contributed by atoms with Crippen LogP contribution in [0.25, 0.3) is 0 Å². The third-order valence-electron chi connectivity index (χ3n) is 4.05. The van der Waals surface area contributed by atoms with Crippen molar-refractivity contribution in [3.8, 4) is 0 Å². The summed E-state index contributed by atoms with van der Waals surface area (Å²) in [7, 11) is 1.29. The number of rotatable bonds is 4. The molecule has 0 unspecified atom stereocenters. The number of hydrogen-bond acceptors (Lipinski definition) is 4. The molecule has 1 aromatic carbocycles. The number of carbonyl (C=O) groups excluding carboxylic acids is 3. The Labute approximate surface area is 135 Å². The van der Waals surface area contributed by atoms with E-state index in [-0.39, 0.29) is 24.3 Å². The van der Waals surface area contributed by atoms with E-state index in [9.17, 15) is 14.4 Å². The molecular formula is C17H22N2O4. The summed E-state index contributed by atoms with van der Waals surface area (Å²) in [6, 6.07) is 5.28. The van der Waals surface area contributed by atoms with Crippen molar-refractivity contribution < 1.29 is 19.1 Å². The van der Waals surface area contributed by atoms with Crippen LogP contribution >= 0.6 is 0 Å². The third kappa shape index (κ3) is 3.06. The van der Waals surface area contributed by atoms with Crippen molar-refractivity contribution in [2.75, 3.05) is 23.9 Å². The lowest BCUT2D eigenvalue weighted by atomic mass is 9.86. The first-order valence-electron chi connectivity index (χ1n) is 7.52. The van der Waals surface area contributed by atoms with Gasteiger partial charge in [0.25, 0.3) is 0 Å². The zero-order valence-corrected chi connectivity index (χ0v) is 14.1. The van der Waals surface area contributed by atoms with Gasteiger partial charge in [-0.25, -0.2) is 0 Å². The molecule has 0 bridgehead atoms. The molecule has 1 heterocycles. The summed E-state index contributed by atoms with van der Waals surface area (Å²) >= 11 is 0. The van der Waals surface area contributed by atoms with E-state index in [0.29, 0.717) is 11.4 Å². The summed E-state index contributed by atoms with van der Waals surface area (Å²) in [6.45, 7) is 7.12. The summed E-state index contributed by atoms with van der Waals surface area (Å²) in [4.78, 5) is 37.4. The minimum absolute atomic E-state index is 0.0847. The summed E-state index contributed by atoms with van der Waals surface area (Å²) in [6.07, 6.45) is 0. The minimum atomic E-state index is -0.762. The lowest BCUT2D eigenvalue weighted by molar-refractivity contribution is -0.140. The Morgan fingerprint density at radius 2 is 1.96 bits per heavy atom. The second-order valence-corrected chi connectivity index (χ2v) is 6.47. The van der Waals surface area contributed by atoms with Gasteiger partial charge in [-0.15, -0.1) is 0 Å². The number of esters is 1. The highest BCUT2D eigenvalue weighted by Crippen LogP contribution is 2.42. The Bertz CT molecular complexity index is 665. The number of amides is 2. The van der Waals surface area contributed by atoms with Crippen molar-refractivity contribution >= 4 is 29.2 Å². The van der Waals surface area contributed by atoms with Gasteiger partial charge in [0.05, 0.1) is 12.5 Å². The molecule has 0 fully saturated rings. The normalized spacial score (nSPS) is 15.6. The number of ether oxygens (including phenoxy) is 1. The predicted molar refractivity (Wildman–Crippen MR) is 87.3 cm³/mol. The van der Waals surface area contributed by atoms with Crippen molar-refractivity contribution in [2.45, 2.75) is 33.1 Å². The van der Waals surface area contributed by atoms with Gasteiger partial charge in [-0.3, -0.25) is 14.4 Å². The fourth-order valence-electron chi connectivity index (χ4n) is 2.55. The van der Waals surface area contributed by atoms with Gasteiger partial charge in [-0.2, -0.15) is 0 Å². The predicted octanol–water partition coefficient (Wildman–Crippen LogP) is 2.08. The van der Waals surface area contributed by atoms with Crippen molar-refractivity contribution in [2.24, 2.45) is 5.92 Å². The molecule has 1 aromatic rings. The van der Waals surface area contributed by atoms with Crippen LogP contribution in [0.4, 0.5) is 11.4 Å². The van der Waals surface area contributed by atoms with Gasteiger partial charge < -0.3 is 15.0 Å². The first-order chi connectivity index (χ1) is 10.7. The Balaban J connectivity index is 2.38. The summed E-state index contributed by atoms with van der Waals surface area (Å²) in [5, 5.41) is 2.83. The molecule has 0 saturated carbocycles. The Kier molecular flexibility index (Phi) is 4.45. The average Bonchev–Trinajstić information content (AvgIpc) is 2.68. The standard InChI is InChI=1S/C17H22N2O4/c1-10(2)15(21)18-11-6-7-13-12(8-11)17(3,4)16(22)19(13)9-14(20)23-5/h6-8,10H,9H2,1-5H3,(H,18,21). The van der Waals surface area contributed by atoms with Crippen LogP contribution in [-0.4, -0.2) is 31.4 Å². The average molecular weight is 318 g/mol. The number of nitrogens with zero attached hydrogens (tertiary/aromatic N) is 1. The maximum Gasteiger partial charge on any atom is 0.325 e. The molecule has 0 aromatic heterocycles. The molecule has 2 amide bonds. The van der Waals surface area contributed by atoms with Gasteiger partial charge in [-0.1, -0.05) is 13.8 Å². The second kappa shape index (κ2) is 6.02. The van der Waals surface area contributed by atoms with Gasteiger partial charge in [-0.05, 0) is 37.6 Å². The molecule has 1 aliphatic rings. The summed E-state index contributed by atoms with van der Waals surface area (Å²) in [5.41, 5.74) is 1.34. The SMILES string of the molecule is COC(=O)CN1C(=O)C(C)(C)c2cc(NC(=O)C(C)C)ccc21. The van der Waals surface area contributed by atoms with Gasteiger partial charge in [0.2, 0.25) is 11.8 Å². The zero-order chi connectivity index (χ0) is 17.4. The lowest BCUT2D eigenvalue weighted by Crippen LogP contribution is -2.39. The van der Waals surface area contributed by atoms with Crippen LogP contribution in [0, 0.1) is 5.92 Å². The number of anilines is 2. The Hall–Kier alpha value is -2.37. The molecule has 1 N–H and O–H groups in total. The molecular weight excluding hydrogens is 296 g/mol. The molecule has 1 aliphatic heterocycles. The van der Waals surface area contributed by atoms with Crippen LogP contribution in [0.2, 0.25) is 0 Å². The van der Waals surface area contributed by atoms with Crippen LogP contribution in [0.1, 0.15) is 33.3 Å². The highest BCUT2D eigenvalue weighted by molar-refractivity contribution is 6.10. The molecule has 6 heteroatoms. The highest BCUT2D eigenvalue weighted by atomic mass is 16.5. The third-order valence-corrected chi connectivity index (χ3v) is 4.05. The fraction of sp³-hybridized carbons (Fsp3) is 0.471. The van der Waals surface area contributed by atoms with Gasteiger partial charge in [0.15, 0.2) is 0 Å². The molecule has 0 radical (unpaired) electrons. The number of methoxy groups -OCH3 is 1. The molecule has 0 atom stereocenters. The van der Waals surface area contributed by atoms with E-state index in [1.165, 1.54) is 12.0 Å². The quantitative estimate of drug-likeness (QED) is 0.862. The lowest BCUT2D eigenvalue weighted by Gasteiger charge is -2.19.